The zero-order valence-electron chi connectivity index (χ0n) is 18.6. The first kappa shape index (κ1) is 21.6. The van der Waals surface area contributed by atoms with E-state index in [2.05, 4.69) is 10.3 Å². The molecule has 0 spiro atoms. The van der Waals surface area contributed by atoms with E-state index in [0.717, 1.165) is 10.5 Å². The molecule has 3 amide bonds. The van der Waals surface area contributed by atoms with Gasteiger partial charge >= 0.3 is 6.03 Å². The fourth-order valence-electron chi connectivity index (χ4n) is 4.49. The molecule has 2 atom stereocenters. The quantitative estimate of drug-likeness (QED) is 0.528. The first-order valence-corrected chi connectivity index (χ1v) is 10.3. The number of carbonyl (C=O) groups excluding carboxylic acids is 4. The summed E-state index contributed by atoms with van der Waals surface area (Å²) < 4.78 is 10.7. The minimum atomic E-state index is -1.22. The number of ketones is 2. The maximum Gasteiger partial charge on any atom is 0.325 e. The van der Waals surface area contributed by atoms with Gasteiger partial charge in [-0.2, -0.15) is 0 Å². The predicted octanol–water partition coefficient (Wildman–Crippen LogP) is 2.69. The van der Waals surface area contributed by atoms with Gasteiger partial charge in [0.15, 0.2) is 17.3 Å². The van der Waals surface area contributed by atoms with Crippen LogP contribution in [0.1, 0.15) is 58.4 Å². The number of aromatic amines is 1. The summed E-state index contributed by atoms with van der Waals surface area (Å²) in [6, 6.07) is 3.67. The van der Waals surface area contributed by atoms with Crippen LogP contribution >= 0.6 is 0 Å². The number of nitrogens with zero attached hydrogens (tertiary/aromatic N) is 1. The van der Waals surface area contributed by atoms with Gasteiger partial charge in [0, 0.05) is 17.7 Å². The van der Waals surface area contributed by atoms with Crippen LogP contribution in [0.15, 0.2) is 18.2 Å². The summed E-state index contributed by atoms with van der Waals surface area (Å²) >= 11 is 0. The number of benzene rings is 1. The Kier molecular flexibility index (Phi) is 5.07. The molecule has 2 aliphatic rings. The van der Waals surface area contributed by atoms with E-state index in [-0.39, 0.29) is 24.7 Å². The van der Waals surface area contributed by atoms with Crippen LogP contribution in [0, 0.1) is 13.8 Å². The van der Waals surface area contributed by atoms with Crippen molar-refractivity contribution in [2.75, 3.05) is 6.79 Å². The van der Waals surface area contributed by atoms with Crippen molar-refractivity contribution in [3.63, 3.8) is 0 Å². The van der Waals surface area contributed by atoms with E-state index in [0.29, 0.717) is 28.3 Å². The number of hydrogen-bond donors (Lipinski definition) is 2. The van der Waals surface area contributed by atoms with Gasteiger partial charge in [0.2, 0.25) is 12.6 Å². The minimum Gasteiger partial charge on any atom is -0.454 e. The Hall–Kier alpha value is -3.62. The molecule has 1 fully saturated rings. The number of rotatable bonds is 6. The Balaban J connectivity index is 1.57. The maximum atomic E-state index is 13.3. The first-order chi connectivity index (χ1) is 15.0. The second kappa shape index (κ2) is 7.51. The number of H-pyrrole nitrogens is 1. The second-order valence-corrected chi connectivity index (χ2v) is 8.52. The molecule has 0 aliphatic carbocycles. The van der Waals surface area contributed by atoms with E-state index < -0.39 is 29.3 Å². The minimum absolute atomic E-state index is 0.141. The summed E-state index contributed by atoms with van der Waals surface area (Å²) in [7, 11) is 0. The van der Waals surface area contributed by atoms with Crippen LogP contribution in [0.25, 0.3) is 0 Å². The van der Waals surface area contributed by atoms with Crippen LogP contribution in [0.5, 0.6) is 11.5 Å². The van der Waals surface area contributed by atoms with E-state index in [4.69, 9.17) is 9.47 Å². The molecule has 3 heterocycles. The molecule has 9 nitrogen and oxygen atoms in total. The van der Waals surface area contributed by atoms with Crippen molar-refractivity contribution in [1.82, 2.24) is 15.2 Å². The first-order valence-electron chi connectivity index (χ1n) is 10.3. The smallest absolute Gasteiger partial charge is 0.325 e. The number of fused-ring (bicyclic) bond motifs is 1. The SMILES string of the molecule is CC(=O)c1c(C)[nH]c(C(=O)C(C)N2C(=O)NC(C)(Cc3ccc4c(c3)OCO4)C2=O)c1C. The Morgan fingerprint density at radius 1 is 1.19 bits per heavy atom. The van der Waals surface area contributed by atoms with Crippen molar-refractivity contribution in [2.24, 2.45) is 0 Å². The molecule has 0 radical (unpaired) electrons. The highest BCUT2D eigenvalue weighted by molar-refractivity contribution is 6.13. The predicted molar refractivity (Wildman–Crippen MR) is 114 cm³/mol. The lowest BCUT2D eigenvalue weighted by Gasteiger charge is -2.24. The number of amides is 3. The van der Waals surface area contributed by atoms with Gasteiger partial charge in [-0.15, -0.1) is 0 Å². The number of ether oxygens (including phenoxy) is 2. The van der Waals surface area contributed by atoms with Crippen LogP contribution in [0.2, 0.25) is 0 Å². The molecular weight excluding hydrogens is 414 g/mol. The molecule has 2 aromatic rings. The molecule has 32 heavy (non-hydrogen) atoms. The molecular formula is C23H25N3O6. The summed E-state index contributed by atoms with van der Waals surface area (Å²) in [5.41, 5.74) is 1.34. The van der Waals surface area contributed by atoms with Gasteiger partial charge in [0.05, 0.1) is 5.69 Å². The van der Waals surface area contributed by atoms with Crippen molar-refractivity contribution in [3.05, 3.63) is 46.3 Å². The fraction of sp³-hybridized carbons (Fsp3) is 0.391. The number of aryl methyl sites for hydroxylation is 1. The molecule has 2 N–H and O–H groups in total. The Morgan fingerprint density at radius 3 is 2.53 bits per heavy atom. The van der Waals surface area contributed by atoms with Crippen LogP contribution < -0.4 is 14.8 Å². The topological polar surface area (TPSA) is 118 Å². The van der Waals surface area contributed by atoms with Crippen molar-refractivity contribution in [1.29, 1.82) is 0 Å². The van der Waals surface area contributed by atoms with Crippen molar-refractivity contribution in [2.45, 2.75) is 52.6 Å². The van der Waals surface area contributed by atoms with Crippen LogP contribution in [-0.2, 0) is 11.2 Å². The third-order valence-electron chi connectivity index (χ3n) is 6.09. The van der Waals surface area contributed by atoms with Gasteiger partial charge in [0.1, 0.15) is 11.6 Å². The molecule has 2 unspecified atom stereocenters. The standard InChI is InChI=1S/C23H25N3O6/c1-11-18(14(4)27)12(2)24-19(11)20(28)13(3)26-21(29)23(5,25-22(26)30)9-15-6-7-16-17(8-15)32-10-31-16/h6-8,13,24H,9-10H2,1-5H3,(H,25,30). The third-order valence-corrected chi connectivity index (χ3v) is 6.09. The normalized spacial score (nSPS) is 20.5. The molecule has 1 aromatic carbocycles. The molecule has 0 bridgehead atoms. The van der Waals surface area contributed by atoms with E-state index in [1.165, 1.54) is 13.8 Å². The number of Topliss-reactive ketones (excluding diaryl/α,β-unsaturated/α-hetero) is 2. The summed E-state index contributed by atoms with van der Waals surface area (Å²) in [5, 5.41) is 2.73. The molecule has 4 rings (SSSR count). The number of carbonyl (C=O) groups is 4. The zero-order chi connectivity index (χ0) is 23.4. The lowest BCUT2D eigenvalue weighted by molar-refractivity contribution is -0.131. The third kappa shape index (κ3) is 3.34. The Morgan fingerprint density at radius 2 is 1.88 bits per heavy atom. The van der Waals surface area contributed by atoms with Crippen LogP contribution in [0.4, 0.5) is 4.79 Å². The Bertz CT molecular complexity index is 1170. The lowest BCUT2D eigenvalue weighted by atomic mass is 9.92. The van der Waals surface area contributed by atoms with Crippen LogP contribution in [0.3, 0.4) is 0 Å². The van der Waals surface area contributed by atoms with Gasteiger partial charge in [0.25, 0.3) is 5.91 Å². The van der Waals surface area contributed by atoms with Gasteiger partial charge in [-0.25, -0.2) is 4.79 Å². The van der Waals surface area contributed by atoms with Gasteiger partial charge in [-0.05, 0) is 57.9 Å². The molecule has 2 aliphatic heterocycles. The Labute approximate surface area is 185 Å². The maximum absolute atomic E-state index is 13.3. The molecule has 9 heteroatoms. The number of nitrogens with one attached hydrogen (secondary N) is 2. The van der Waals surface area contributed by atoms with E-state index in [1.807, 2.05) is 6.07 Å². The highest BCUT2D eigenvalue weighted by atomic mass is 16.7. The number of aromatic nitrogens is 1. The highest BCUT2D eigenvalue weighted by Gasteiger charge is 2.51. The van der Waals surface area contributed by atoms with E-state index in [1.54, 1.807) is 32.9 Å². The fourth-order valence-corrected chi connectivity index (χ4v) is 4.49. The van der Waals surface area contributed by atoms with Crippen molar-refractivity contribution >= 4 is 23.5 Å². The summed E-state index contributed by atoms with van der Waals surface area (Å²) in [6.07, 6.45) is 0.223. The highest BCUT2D eigenvalue weighted by Crippen LogP contribution is 2.34. The van der Waals surface area contributed by atoms with E-state index in [9.17, 15) is 19.2 Å². The lowest BCUT2D eigenvalue weighted by Crippen LogP contribution is -2.48. The molecule has 1 saturated heterocycles. The van der Waals surface area contributed by atoms with Gasteiger partial charge in [-0.1, -0.05) is 6.07 Å². The van der Waals surface area contributed by atoms with E-state index >= 15 is 0 Å². The second-order valence-electron chi connectivity index (χ2n) is 8.52. The summed E-state index contributed by atoms with van der Waals surface area (Å²) in [5.74, 6) is 0.127. The van der Waals surface area contributed by atoms with Crippen molar-refractivity contribution in [3.8, 4) is 11.5 Å². The van der Waals surface area contributed by atoms with Crippen LogP contribution in [-0.4, -0.2) is 51.8 Å². The molecule has 1 aromatic heterocycles. The number of urea groups is 1. The average molecular weight is 439 g/mol. The van der Waals surface area contributed by atoms with Gasteiger partial charge < -0.3 is 19.8 Å². The monoisotopic (exact) mass is 439 g/mol. The van der Waals surface area contributed by atoms with Gasteiger partial charge in [-0.3, -0.25) is 19.3 Å². The summed E-state index contributed by atoms with van der Waals surface area (Å²) in [4.78, 5) is 55.0. The summed E-state index contributed by atoms with van der Waals surface area (Å²) in [6.45, 7) is 8.10. The number of hydrogen-bond acceptors (Lipinski definition) is 6. The van der Waals surface area contributed by atoms with Crippen molar-refractivity contribution < 1.29 is 28.7 Å². The largest absolute Gasteiger partial charge is 0.454 e. The molecule has 0 saturated carbocycles. The zero-order valence-corrected chi connectivity index (χ0v) is 18.6. The molecule has 168 valence electrons. The number of imide groups is 1. The average Bonchev–Trinajstić information content (AvgIpc) is 3.35.